The van der Waals surface area contributed by atoms with Crippen molar-refractivity contribution in [1.82, 2.24) is 5.16 Å². The summed E-state index contributed by atoms with van der Waals surface area (Å²) in [6, 6.07) is 5.83. The predicted octanol–water partition coefficient (Wildman–Crippen LogP) is 2.19. The van der Waals surface area contributed by atoms with Crippen molar-refractivity contribution in [3.63, 3.8) is 0 Å². The summed E-state index contributed by atoms with van der Waals surface area (Å²) in [6.07, 6.45) is 0. The summed E-state index contributed by atoms with van der Waals surface area (Å²) in [5.41, 5.74) is 1.23. The Balaban J connectivity index is 2.05. The number of hydrogen-bond acceptors (Lipinski definition) is 4. The van der Waals surface area contributed by atoms with Crippen molar-refractivity contribution in [3.05, 3.63) is 47.1 Å². The van der Waals surface area contributed by atoms with Gasteiger partial charge in [-0.05, 0) is 24.6 Å². The Morgan fingerprint density at radius 3 is 2.82 bits per heavy atom. The first kappa shape index (κ1) is 11.6. The van der Waals surface area contributed by atoms with Crippen LogP contribution in [0.25, 0.3) is 0 Å². The fraction of sp³-hybridized carbons (Fsp3) is 0.250. The zero-order valence-corrected chi connectivity index (χ0v) is 9.31. The number of nitrogens with zero attached hydrogens (tertiary/aromatic N) is 1. The Morgan fingerprint density at radius 1 is 1.35 bits per heavy atom. The minimum absolute atomic E-state index is 0.176. The van der Waals surface area contributed by atoms with Gasteiger partial charge in [0.25, 0.3) is 0 Å². The topological polar surface area (TPSA) is 55.5 Å². The predicted molar refractivity (Wildman–Crippen MR) is 57.9 cm³/mol. The number of aliphatic hydroxyl groups is 1. The first-order valence-electron chi connectivity index (χ1n) is 5.12. The molecular formula is C12H12FNO3. The Labute approximate surface area is 97.6 Å². The highest BCUT2D eigenvalue weighted by molar-refractivity contribution is 5.29. The molecule has 0 aliphatic heterocycles. The fourth-order valence-corrected chi connectivity index (χ4v) is 1.43. The lowest BCUT2D eigenvalue weighted by atomic mass is 10.2. The van der Waals surface area contributed by atoms with Crippen LogP contribution in [0, 0.1) is 12.7 Å². The van der Waals surface area contributed by atoms with E-state index in [1.165, 1.54) is 12.1 Å². The molecule has 1 N–H and O–H groups in total. The summed E-state index contributed by atoms with van der Waals surface area (Å²) in [7, 11) is 0. The number of aryl methyl sites for hydroxylation is 1. The summed E-state index contributed by atoms with van der Waals surface area (Å²) in [4.78, 5) is 0. The van der Waals surface area contributed by atoms with Gasteiger partial charge >= 0.3 is 0 Å². The average Bonchev–Trinajstić information content (AvgIpc) is 2.72. The second-order valence-electron chi connectivity index (χ2n) is 3.68. The van der Waals surface area contributed by atoms with E-state index in [2.05, 4.69) is 5.16 Å². The van der Waals surface area contributed by atoms with E-state index in [0.29, 0.717) is 17.1 Å². The fourth-order valence-electron chi connectivity index (χ4n) is 1.43. The van der Waals surface area contributed by atoms with Crippen LogP contribution in [0.3, 0.4) is 0 Å². The molecule has 0 saturated heterocycles. The van der Waals surface area contributed by atoms with E-state index < -0.39 is 5.82 Å². The molecule has 0 aliphatic carbocycles. The van der Waals surface area contributed by atoms with Gasteiger partial charge in [0, 0.05) is 12.1 Å². The number of halogens is 1. The number of hydrogen-bond donors (Lipinski definition) is 1. The summed E-state index contributed by atoms with van der Waals surface area (Å²) < 4.78 is 23.4. The van der Waals surface area contributed by atoms with Gasteiger partial charge in [-0.3, -0.25) is 0 Å². The van der Waals surface area contributed by atoms with Crippen molar-refractivity contribution in [2.24, 2.45) is 0 Å². The summed E-state index contributed by atoms with van der Waals surface area (Å²) in [5, 5.41) is 12.6. The average molecular weight is 237 g/mol. The van der Waals surface area contributed by atoms with Crippen LogP contribution in [0.1, 0.15) is 17.0 Å². The van der Waals surface area contributed by atoms with Crippen LogP contribution in [0.2, 0.25) is 0 Å². The Bertz CT molecular complexity index is 510. The Kier molecular flexibility index (Phi) is 3.39. The van der Waals surface area contributed by atoms with E-state index in [1.807, 2.05) is 0 Å². The van der Waals surface area contributed by atoms with Gasteiger partial charge in [-0.15, -0.1) is 0 Å². The molecule has 1 aromatic carbocycles. The molecule has 2 aromatic rings. The van der Waals surface area contributed by atoms with Gasteiger partial charge in [0.2, 0.25) is 0 Å². The smallest absolute Gasteiger partial charge is 0.174 e. The molecular weight excluding hydrogens is 225 g/mol. The molecule has 0 amide bonds. The second kappa shape index (κ2) is 4.97. The third-order valence-corrected chi connectivity index (χ3v) is 2.17. The lowest BCUT2D eigenvalue weighted by Gasteiger charge is -2.05. The summed E-state index contributed by atoms with van der Waals surface area (Å²) >= 11 is 0. The molecule has 1 aromatic heterocycles. The SMILES string of the molecule is Cc1cc(COc2cc(F)cc(CO)c2)on1. The molecule has 0 saturated carbocycles. The molecule has 0 atom stereocenters. The third kappa shape index (κ3) is 3.04. The van der Waals surface area contributed by atoms with E-state index in [4.69, 9.17) is 14.4 Å². The zero-order valence-electron chi connectivity index (χ0n) is 9.31. The van der Waals surface area contributed by atoms with Gasteiger partial charge < -0.3 is 14.4 Å². The first-order valence-corrected chi connectivity index (χ1v) is 5.12. The van der Waals surface area contributed by atoms with E-state index in [0.717, 1.165) is 5.69 Å². The molecule has 0 radical (unpaired) electrons. The van der Waals surface area contributed by atoms with Crippen molar-refractivity contribution in [2.75, 3.05) is 0 Å². The van der Waals surface area contributed by atoms with E-state index >= 15 is 0 Å². The lowest BCUT2D eigenvalue weighted by Crippen LogP contribution is -1.96. The van der Waals surface area contributed by atoms with Gasteiger partial charge in [0.15, 0.2) is 5.76 Å². The van der Waals surface area contributed by atoms with E-state index in [9.17, 15) is 4.39 Å². The first-order chi connectivity index (χ1) is 8.17. The van der Waals surface area contributed by atoms with Crippen LogP contribution in [0.15, 0.2) is 28.8 Å². The molecule has 4 nitrogen and oxygen atoms in total. The number of aromatic nitrogens is 1. The summed E-state index contributed by atoms with van der Waals surface area (Å²) in [5.74, 6) is 0.473. The third-order valence-electron chi connectivity index (χ3n) is 2.17. The molecule has 0 unspecified atom stereocenters. The molecule has 0 spiro atoms. The maximum absolute atomic E-state index is 13.1. The van der Waals surface area contributed by atoms with Crippen molar-refractivity contribution in [1.29, 1.82) is 0 Å². The molecule has 5 heteroatoms. The second-order valence-corrected chi connectivity index (χ2v) is 3.68. The molecule has 17 heavy (non-hydrogen) atoms. The normalized spacial score (nSPS) is 10.5. The number of rotatable bonds is 4. The van der Waals surface area contributed by atoms with Gasteiger partial charge in [-0.25, -0.2) is 4.39 Å². The maximum atomic E-state index is 13.1. The number of ether oxygens (including phenoxy) is 1. The van der Waals surface area contributed by atoms with Gasteiger partial charge in [0.1, 0.15) is 18.2 Å². The number of aliphatic hydroxyl groups excluding tert-OH is 1. The van der Waals surface area contributed by atoms with Gasteiger partial charge in [-0.2, -0.15) is 0 Å². The highest BCUT2D eigenvalue weighted by Crippen LogP contribution is 2.18. The largest absolute Gasteiger partial charge is 0.485 e. The van der Waals surface area contributed by atoms with E-state index in [1.54, 1.807) is 19.1 Å². The number of benzene rings is 1. The Hall–Kier alpha value is -1.88. The van der Waals surface area contributed by atoms with Crippen LogP contribution in [-0.2, 0) is 13.2 Å². The van der Waals surface area contributed by atoms with Crippen molar-refractivity contribution >= 4 is 0 Å². The lowest BCUT2D eigenvalue weighted by molar-refractivity contribution is 0.245. The Morgan fingerprint density at radius 2 is 2.18 bits per heavy atom. The van der Waals surface area contributed by atoms with Gasteiger partial charge in [0.05, 0.1) is 12.3 Å². The molecule has 0 fully saturated rings. The maximum Gasteiger partial charge on any atom is 0.174 e. The minimum Gasteiger partial charge on any atom is -0.485 e. The highest BCUT2D eigenvalue weighted by atomic mass is 19.1. The van der Waals surface area contributed by atoms with Crippen LogP contribution in [-0.4, -0.2) is 10.3 Å². The highest BCUT2D eigenvalue weighted by Gasteiger charge is 2.04. The molecule has 2 rings (SSSR count). The van der Waals surface area contributed by atoms with Crippen molar-refractivity contribution in [3.8, 4) is 5.75 Å². The van der Waals surface area contributed by atoms with Crippen LogP contribution < -0.4 is 4.74 Å². The molecule has 0 bridgehead atoms. The van der Waals surface area contributed by atoms with Crippen LogP contribution in [0.4, 0.5) is 4.39 Å². The van der Waals surface area contributed by atoms with E-state index in [-0.39, 0.29) is 13.2 Å². The van der Waals surface area contributed by atoms with Crippen LogP contribution in [0.5, 0.6) is 5.75 Å². The molecule has 0 aliphatic rings. The molecule has 1 heterocycles. The zero-order chi connectivity index (χ0) is 12.3. The minimum atomic E-state index is -0.444. The van der Waals surface area contributed by atoms with Gasteiger partial charge in [-0.1, -0.05) is 5.16 Å². The van der Waals surface area contributed by atoms with Crippen LogP contribution >= 0.6 is 0 Å². The van der Waals surface area contributed by atoms with Crippen molar-refractivity contribution < 1.29 is 18.8 Å². The quantitative estimate of drug-likeness (QED) is 0.885. The van der Waals surface area contributed by atoms with Crippen molar-refractivity contribution in [2.45, 2.75) is 20.1 Å². The molecule has 90 valence electrons. The standard InChI is InChI=1S/C12H12FNO3/c1-8-2-12(17-14-8)7-16-11-4-9(6-15)3-10(13)5-11/h2-5,15H,6-7H2,1H3. The summed E-state index contributed by atoms with van der Waals surface area (Å²) in [6.45, 7) is 1.75. The monoisotopic (exact) mass is 237 g/mol.